The van der Waals surface area contributed by atoms with Gasteiger partial charge in [0.1, 0.15) is 6.42 Å². The van der Waals surface area contributed by atoms with Crippen LogP contribution in [0.4, 0.5) is 0 Å². The predicted molar refractivity (Wildman–Crippen MR) is 88.9 cm³/mol. The molecule has 1 aromatic carbocycles. The fraction of sp³-hybridized carbons (Fsp3) is 0.438. The second-order valence-corrected chi connectivity index (χ2v) is 4.33. The Morgan fingerprint density at radius 2 is 1.73 bits per heavy atom. The number of hydrogen-bond acceptors (Lipinski definition) is 4. The Kier molecular flexibility index (Phi) is 12.6. The van der Waals surface area contributed by atoms with Crippen LogP contribution in [0.2, 0.25) is 0 Å². The molecule has 0 aliphatic carbocycles. The third-order valence-corrected chi connectivity index (χ3v) is 2.45. The number of rotatable bonds is 5. The van der Waals surface area contributed by atoms with Crippen LogP contribution in [0.3, 0.4) is 0 Å². The van der Waals surface area contributed by atoms with Crippen LogP contribution < -0.4 is 10.9 Å². The molecule has 0 aromatic heterocycles. The molecule has 3 N–H and O–H groups in total. The van der Waals surface area contributed by atoms with Crippen LogP contribution in [0.5, 0.6) is 0 Å². The summed E-state index contributed by atoms with van der Waals surface area (Å²) in [6.45, 7) is 8.21. The number of nitrogens with zero attached hydrogens (tertiary/aromatic N) is 1. The summed E-state index contributed by atoms with van der Waals surface area (Å²) in [5, 5.41) is 12.0. The molecule has 6 nitrogen and oxygen atoms in total. The number of amides is 2. The van der Waals surface area contributed by atoms with Crippen LogP contribution in [0.1, 0.15) is 58.6 Å². The van der Waals surface area contributed by atoms with E-state index in [0.29, 0.717) is 5.92 Å². The van der Waals surface area contributed by atoms with Gasteiger partial charge in [-0.05, 0) is 17.0 Å². The molecule has 2 amide bonds. The number of hydrazone groups is 1. The minimum Gasteiger partial charge on any atom is -0.289 e. The Hall–Kier alpha value is -2.21. The van der Waals surface area contributed by atoms with Crippen molar-refractivity contribution < 1.29 is 14.8 Å². The van der Waals surface area contributed by atoms with E-state index in [-0.39, 0.29) is 7.43 Å². The minimum absolute atomic E-state index is 0. The van der Waals surface area contributed by atoms with Gasteiger partial charge >= 0.3 is 0 Å². The molecule has 0 unspecified atom stereocenters. The van der Waals surface area contributed by atoms with Gasteiger partial charge in [-0.3, -0.25) is 14.8 Å². The van der Waals surface area contributed by atoms with Crippen molar-refractivity contribution in [3.63, 3.8) is 0 Å². The van der Waals surface area contributed by atoms with Crippen molar-refractivity contribution in [3.05, 3.63) is 35.4 Å². The topological polar surface area (TPSA) is 90.8 Å². The normalized spacial score (nSPS) is 9.55. The SMILES string of the molecule is C.CC.CC(C)c1ccc(/C=N/NC(=O)CC(=O)NO)cc1. The molecule has 0 atom stereocenters. The second-order valence-electron chi connectivity index (χ2n) is 4.33. The maximum absolute atomic E-state index is 11.1. The number of benzene rings is 1. The predicted octanol–water partition coefficient (Wildman–Crippen LogP) is 2.82. The van der Waals surface area contributed by atoms with Crippen LogP contribution in [0, 0.1) is 0 Å². The first-order chi connectivity index (χ1) is 10.0. The summed E-state index contributed by atoms with van der Waals surface area (Å²) in [5.41, 5.74) is 5.63. The first-order valence-electron chi connectivity index (χ1n) is 6.87. The molecule has 0 spiro atoms. The number of nitrogens with one attached hydrogen (secondary N) is 2. The highest BCUT2D eigenvalue weighted by Gasteiger charge is 2.06. The minimum atomic E-state index is -0.783. The lowest BCUT2D eigenvalue weighted by Gasteiger charge is -2.04. The Morgan fingerprint density at radius 1 is 1.18 bits per heavy atom. The number of hydrogen-bond donors (Lipinski definition) is 3. The molecule has 1 aromatic rings. The zero-order chi connectivity index (χ0) is 16.3. The van der Waals surface area contributed by atoms with Gasteiger partial charge in [-0.1, -0.05) is 59.4 Å². The van der Waals surface area contributed by atoms with Gasteiger partial charge in [0.15, 0.2) is 0 Å². The molecule has 0 radical (unpaired) electrons. The fourth-order valence-corrected chi connectivity index (χ4v) is 1.37. The van der Waals surface area contributed by atoms with Gasteiger partial charge in [0, 0.05) is 0 Å². The van der Waals surface area contributed by atoms with Gasteiger partial charge in [-0.25, -0.2) is 10.9 Å². The Balaban J connectivity index is 0. The van der Waals surface area contributed by atoms with Gasteiger partial charge in [-0.15, -0.1) is 0 Å². The summed E-state index contributed by atoms with van der Waals surface area (Å²) >= 11 is 0. The zero-order valence-electron chi connectivity index (χ0n) is 12.9. The van der Waals surface area contributed by atoms with Crippen molar-refractivity contribution in [2.45, 2.75) is 47.5 Å². The van der Waals surface area contributed by atoms with Gasteiger partial charge in [-0.2, -0.15) is 5.10 Å². The largest absolute Gasteiger partial charge is 0.289 e. The average Bonchev–Trinajstić information content (AvgIpc) is 2.49. The van der Waals surface area contributed by atoms with E-state index in [1.165, 1.54) is 17.3 Å². The van der Waals surface area contributed by atoms with Crippen molar-refractivity contribution >= 4 is 18.0 Å². The van der Waals surface area contributed by atoms with E-state index in [1.807, 2.05) is 38.1 Å². The van der Waals surface area contributed by atoms with E-state index in [2.05, 4.69) is 24.4 Å². The van der Waals surface area contributed by atoms with E-state index in [9.17, 15) is 9.59 Å². The Morgan fingerprint density at radius 3 is 2.18 bits per heavy atom. The lowest BCUT2D eigenvalue weighted by molar-refractivity contribution is -0.134. The summed E-state index contributed by atoms with van der Waals surface area (Å²) < 4.78 is 0. The molecule has 0 bridgehead atoms. The van der Waals surface area contributed by atoms with Crippen LogP contribution in [0.25, 0.3) is 0 Å². The molecule has 1 rings (SSSR count). The maximum Gasteiger partial charge on any atom is 0.252 e. The summed E-state index contributed by atoms with van der Waals surface area (Å²) in [6.07, 6.45) is 1.01. The monoisotopic (exact) mass is 309 g/mol. The van der Waals surface area contributed by atoms with E-state index < -0.39 is 18.2 Å². The maximum atomic E-state index is 11.1. The third kappa shape index (κ3) is 8.86. The molecule has 0 saturated heterocycles. The Labute approximate surface area is 132 Å². The molecule has 0 saturated carbocycles. The number of hydroxylamine groups is 1. The zero-order valence-corrected chi connectivity index (χ0v) is 12.9. The average molecular weight is 309 g/mol. The molecule has 0 aliphatic heterocycles. The van der Waals surface area contributed by atoms with Gasteiger partial charge in [0.25, 0.3) is 5.91 Å². The molecule has 6 heteroatoms. The standard InChI is InChI=1S/C13H17N3O3.C2H6.CH4/c1-9(2)11-5-3-10(4-6-11)8-14-15-12(17)7-13(18)16-19;1-2;/h3-6,8-9,19H,7H2,1-2H3,(H,15,17)(H,16,18);1-2H3;1H4/b14-8+;;. The number of carbonyl (C=O) groups excluding carboxylic acids is 2. The molecular formula is C16H27N3O3. The van der Waals surface area contributed by atoms with Gasteiger partial charge in [0.2, 0.25) is 5.91 Å². The van der Waals surface area contributed by atoms with E-state index in [1.54, 1.807) is 0 Å². The summed E-state index contributed by atoms with van der Waals surface area (Å²) in [4.78, 5) is 21.8. The van der Waals surface area contributed by atoms with Crippen molar-refractivity contribution in [1.82, 2.24) is 10.9 Å². The van der Waals surface area contributed by atoms with Crippen LogP contribution >= 0.6 is 0 Å². The lowest BCUT2D eigenvalue weighted by Crippen LogP contribution is -2.27. The van der Waals surface area contributed by atoms with Crippen molar-refractivity contribution in [2.24, 2.45) is 5.10 Å². The number of carbonyl (C=O) groups is 2. The smallest absolute Gasteiger partial charge is 0.252 e. The molecule has 0 heterocycles. The highest BCUT2D eigenvalue weighted by Crippen LogP contribution is 2.13. The highest BCUT2D eigenvalue weighted by atomic mass is 16.5. The molecule has 22 heavy (non-hydrogen) atoms. The van der Waals surface area contributed by atoms with E-state index >= 15 is 0 Å². The van der Waals surface area contributed by atoms with Crippen molar-refractivity contribution in [2.75, 3.05) is 0 Å². The first-order valence-corrected chi connectivity index (χ1v) is 6.87. The molecule has 0 aliphatic rings. The quantitative estimate of drug-likeness (QED) is 0.338. The molecular weight excluding hydrogens is 282 g/mol. The van der Waals surface area contributed by atoms with Crippen LogP contribution in [0.15, 0.2) is 29.4 Å². The summed E-state index contributed by atoms with van der Waals surface area (Å²) in [5.74, 6) is -0.918. The summed E-state index contributed by atoms with van der Waals surface area (Å²) in [7, 11) is 0. The fourth-order valence-electron chi connectivity index (χ4n) is 1.37. The van der Waals surface area contributed by atoms with Gasteiger partial charge in [0.05, 0.1) is 6.21 Å². The van der Waals surface area contributed by atoms with Gasteiger partial charge < -0.3 is 0 Å². The van der Waals surface area contributed by atoms with Crippen LogP contribution in [-0.4, -0.2) is 23.2 Å². The van der Waals surface area contributed by atoms with E-state index in [4.69, 9.17) is 5.21 Å². The third-order valence-electron chi connectivity index (χ3n) is 2.45. The van der Waals surface area contributed by atoms with Crippen LogP contribution in [-0.2, 0) is 9.59 Å². The van der Waals surface area contributed by atoms with Crippen molar-refractivity contribution in [3.8, 4) is 0 Å². The first kappa shape index (κ1) is 22.1. The van der Waals surface area contributed by atoms with E-state index in [0.717, 1.165) is 5.56 Å². The Bertz CT molecular complexity index is 468. The molecule has 0 fully saturated rings. The highest BCUT2D eigenvalue weighted by molar-refractivity contribution is 5.96. The lowest BCUT2D eigenvalue weighted by atomic mass is 10.0. The van der Waals surface area contributed by atoms with Crippen molar-refractivity contribution in [1.29, 1.82) is 0 Å². The molecule has 124 valence electrons. The summed E-state index contributed by atoms with van der Waals surface area (Å²) in [6, 6.07) is 7.77. The second kappa shape index (κ2) is 12.5.